The number of hydrogen-bond donors (Lipinski definition) is 1. The lowest BCUT2D eigenvalue weighted by atomic mass is 10.1. The molecule has 0 saturated heterocycles. The summed E-state index contributed by atoms with van der Waals surface area (Å²) in [5.41, 5.74) is 2.85. The van der Waals surface area contributed by atoms with Crippen molar-refractivity contribution in [2.45, 2.75) is 25.9 Å². The van der Waals surface area contributed by atoms with Gasteiger partial charge in [0.05, 0.1) is 16.9 Å². The molecule has 0 radical (unpaired) electrons. The van der Waals surface area contributed by atoms with Gasteiger partial charge in [-0.1, -0.05) is 13.0 Å². The van der Waals surface area contributed by atoms with E-state index < -0.39 is 6.10 Å². The summed E-state index contributed by atoms with van der Waals surface area (Å²) in [5.74, 6) is -0.276. The van der Waals surface area contributed by atoms with Gasteiger partial charge in [0.2, 0.25) is 0 Å². The minimum Gasteiger partial charge on any atom is -0.381 e. The van der Waals surface area contributed by atoms with Crippen LogP contribution in [-0.2, 0) is 6.42 Å². The van der Waals surface area contributed by atoms with Crippen LogP contribution in [0.15, 0.2) is 41.5 Å². The van der Waals surface area contributed by atoms with Crippen molar-refractivity contribution in [3.05, 3.63) is 53.7 Å². The quantitative estimate of drug-likeness (QED) is 0.902. The molecule has 0 saturated carbocycles. The van der Waals surface area contributed by atoms with E-state index in [1.807, 2.05) is 19.1 Å². The van der Waals surface area contributed by atoms with Crippen molar-refractivity contribution in [3.63, 3.8) is 0 Å². The topological polar surface area (TPSA) is 37.0 Å². The maximum absolute atomic E-state index is 13.8. The Labute approximate surface area is 110 Å². The number of aromatic nitrogens is 1. The summed E-state index contributed by atoms with van der Waals surface area (Å²) < 4.78 is 15.6. The Morgan fingerprint density at radius 3 is 2.89 bits per heavy atom. The number of aliphatic hydroxyl groups excluding tert-OH is 1. The van der Waals surface area contributed by atoms with Gasteiger partial charge in [0, 0.05) is 18.3 Å². The lowest BCUT2D eigenvalue weighted by Gasteiger charge is -2.16. The third-order valence-corrected chi connectivity index (χ3v) is 3.50. The number of fused-ring (bicyclic) bond motifs is 1. The Morgan fingerprint density at radius 1 is 1.37 bits per heavy atom. The van der Waals surface area contributed by atoms with Crippen LogP contribution in [0.1, 0.15) is 30.8 Å². The third-order valence-electron chi connectivity index (χ3n) is 3.50. The molecule has 3 rings (SSSR count). The zero-order chi connectivity index (χ0) is 13.4. The van der Waals surface area contributed by atoms with Crippen molar-refractivity contribution in [1.29, 1.82) is 0 Å². The van der Waals surface area contributed by atoms with Gasteiger partial charge in [0.25, 0.3) is 0 Å². The number of aliphatic imine (C=N–C) groups is 1. The second kappa shape index (κ2) is 4.63. The van der Waals surface area contributed by atoms with Crippen LogP contribution in [0.3, 0.4) is 0 Å². The van der Waals surface area contributed by atoms with Crippen molar-refractivity contribution < 1.29 is 9.50 Å². The molecule has 4 heteroatoms. The van der Waals surface area contributed by atoms with E-state index in [9.17, 15) is 9.50 Å². The molecule has 2 aromatic heterocycles. The molecule has 1 aliphatic heterocycles. The Balaban J connectivity index is 2.17. The number of nitrogens with zero attached hydrogens (tertiary/aromatic N) is 2. The number of aryl methyl sites for hydroxylation is 1. The molecular weight excluding hydrogens is 243 g/mol. The SMILES string of the molecule is CCc1ccc2c(F)ccc(C(O)C3=NC=CC3)n12. The minimum atomic E-state index is -0.796. The van der Waals surface area contributed by atoms with Crippen LogP contribution in [0.2, 0.25) is 0 Å². The van der Waals surface area contributed by atoms with E-state index >= 15 is 0 Å². The zero-order valence-electron chi connectivity index (χ0n) is 10.7. The molecule has 0 spiro atoms. The molecule has 0 aliphatic carbocycles. The Bertz CT molecular complexity index is 685. The summed E-state index contributed by atoms with van der Waals surface area (Å²) in [6, 6.07) is 6.67. The normalized spacial score (nSPS) is 16.1. The zero-order valence-corrected chi connectivity index (χ0v) is 10.7. The lowest BCUT2D eigenvalue weighted by Crippen LogP contribution is -2.15. The molecule has 19 heavy (non-hydrogen) atoms. The molecule has 1 unspecified atom stereocenters. The third kappa shape index (κ3) is 1.88. The second-order valence-corrected chi connectivity index (χ2v) is 4.62. The first-order chi connectivity index (χ1) is 9.22. The molecule has 2 aromatic rings. The van der Waals surface area contributed by atoms with E-state index in [1.54, 1.807) is 22.7 Å². The van der Waals surface area contributed by atoms with Crippen molar-refractivity contribution in [2.24, 2.45) is 4.99 Å². The van der Waals surface area contributed by atoms with E-state index in [1.165, 1.54) is 6.07 Å². The predicted octanol–water partition coefficient (Wildman–Crippen LogP) is 3.03. The van der Waals surface area contributed by atoms with Crippen LogP contribution in [0, 0.1) is 5.82 Å². The molecule has 0 amide bonds. The van der Waals surface area contributed by atoms with Gasteiger partial charge in [0.15, 0.2) is 0 Å². The summed E-state index contributed by atoms with van der Waals surface area (Å²) >= 11 is 0. The number of hydrogen-bond acceptors (Lipinski definition) is 2. The van der Waals surface area contributed by atoms with Crippen LogP contribution in [-0.4, -0.2) is 15.2 Å². The summed E-state index contributed by atoms with van der Waals surface area (Å²) in [4.78, 5) is 4.16. The molecular formula is C15H15FN2O. The lowest BCUT2D eigenvalue weighted by molar-refractivity contribution is 0.239. The number of allylic oxidation sites excluding steroid dienone is 1. The van der Waals surface area contributed by atoms with E-state index in [4.69, 9.17) is 0 Å². The Kier molecular flexibility index (Phi) is 2.95. The molecule has 0 bridgehead atoms. The van der Waals surface area contributed by atoms with Crippen LogP contribution in [0.4, 0.5) is 4.39 Å². The predicted molar refractivity (Wildman–Crippen MR) is 72.9 cm³/mol. The second-order valence-electron chi connectivity index (χ2n) is 4.62. The largest absolute Gasteiger partial charge is 0.381 e. The maximum Gasteiger partial charge on any atom is 0.147 e. The van der Waals surface area contributed by atoms with Crippen LogP contribution in [0.5, 0.6) is 0 Å². The smallest absolute Gasteiger partial charge is 0.147 e. The van der Waals surface area contributed by atoms with E-state index in [0.29, 0.717) is 23.3 Å². The summed E-state index contributed by atoms with van der Waals surface area (Å²) in [6.45, 7) is 2.01. The highest BCUT2D eigenvalue weighted by atomic mass is 19.1. The average Bonchev–Trinajstić information content (AvgIpc) is 3.08. The first-order valence-electron chi connectivity index (χ1n) is 6.40. The molecule has 1 aliphatic rings. The monoisotopic (exact) mass is 258 g/mol. The fourth-order valence-electron chi connectivity index (χ4n) is 2.51. The van der Waals surface area contributed by atoms with Gasteiger partial charge < -0.3 is 9.51 Å². The van der Waals surface area contributed by atoms with Crippen LogP contribution < -0.4 is 0 Å². The van der Waals surface area contributed by atoms with Crippen molar-refractivity contribution in [3.8, 4) is 0 Å². The number of halogens is 1. The van der Waals surface area contributed by atoms with E-state index in [-0.39, 0.29) is 5.82 Å². The Hall–Kier alpha value is -1.94. The van der Waals surface area contributed by atoms with Gasteiger partial charge in [0.1, 0.15) is 11.9 Å². The van der Waals surface area contributed by atoms with Gasteiger partial charge in [-0.05, 0) is 30.7 Å². The van der Waals surface area contributed by atoms with Gasteiger partial charge in [-0.3, -0.25) is 4.99 Å². The Morgan fingerprint density at radius 2 is 2.21 bits per heavy atom. The van der Waals surface area contributed by atoms with Crippen molar-refractivity contribution in [2.75, 3.05) is 0 Å². The van der Waals surface area contributed by atoms with Gasteiger partial charge in [-0.25, -0.2) is 4.39 Å². The fraction of sp³-hybridized carbons (Fsp3) is 0.267. The standard InChI is InChI=1S/C15H15FN2O/c1-2-10-5-7-13-11(16)6-8-14(18(10)13)15(19)12-4-3-9-17-12/h3,5-9,15,19H,2,4H2,1H3. The van der Waals surface area contributed by atoms with Crippen LogP contribution >= 0.6 is 0 Å². The fourth-order valence-corrected chi connectivity index (χ4v) is 2.51. The molecule has 0 aromatic carbocycles. The van der Waals surface area contributed by atoms with Gasteiger partial charge in [-0.2, -0.15) is 0 Å². The van der Waals surface area contributed by atoms with E-state index in [0.717, 1.165) is 12.1 Å². The number of pyridine rings is 1. The highest BCUT2D eigenvalue weighted by Gasteiger charge is 2.20. The summed E-state index contributed by atoms with van der Waals surface area (Å²) in [5, 5.41) is 10.4. The first-order valence-corrected chi connectivity index (χ1v) is 6.40. The van der Waals surface area contributed by atoms with Crippen molar-refractivity contribution in [1.82, 2.24) is 4.40 Å². The number of rotatable bonds is 3. The molecule has 3 nitrogen and oxygen atoms in total. The van der Waals surface area contributed by atoms with Crippen molar-refractivity contribution >= 4 is 11.2 Å². The molecule has 1 atom stereocenters. The van der Waals surface area contributed by atoms with E-state index in [2.05, 4.69) is 4.99 Å². The molecule has 0 fully saturated rings. The molecule has 3 heterocycles. The van der Waals surface area contributed by atoms with Gasteiger partial charge >= 0.3 is 0 Å². The summed E-state index contributed by atoms with van der Waals surface area (Å²) in [6.07, 6.45) is 4.21. The molecule has 1 N–H and O–H groups in total. The van der Waals surface area contributed by atoms with Gasteiger partial charge in [-0.15, -0.1) is 0 Å². The number of aliphatic hydroxyl groups is 1. The van der Waals surface area contributed by atoms with Crippen LogP contribution in [0.25, 0.3) is 5.52 Å². The molecule has 98 valence electrons. The summed E-state index contributed by atoms with van der Waals surface area (Å²) in [7, 11) is 0. The minimum absolute atomic E-state index is 0.276. The first kappa shape index (κ1) is 12.1. The highest BCUT2D eigenvalue weighted by molar-refractivity contribution is 5.92. The average molecular weight is 258 g/mol. The highest BCUT2D eigenvalue weighted by Crippen LogP contribution is 2.25. The maximum atomic E-state index is 13.8.